The van der Waals surface area contributed by atoms with E-state index in [2.05, 4.69) is 9.97 Å². The Hall–Kier alpha value is -3.03. The molecule has 0 bridgehead atoms. The van der Waals surface area contributed by atoms with Gasteiger partial charge < -0.3 is 14.4 Å². The van der Waals surface area contributed by atoms with Crippen LogP contribution in [0.3, 0.4) is 0 Å². The second-order valence-electron chi connectivity index (χ2n) is 8.37. The van der Waals surface area contributed by atoms with Crippen LogP contribution in [0.25, 0.3) is 10.9 Å². The molecule has 0 fully saturated rings. The van der Waals surface area contributed by atoms with E-state index in [0.717, 1.165) is 12.5 Å². The van der Waals surface area contributed by atoms with Crippen LogP contribution in [0.5, 0.6) is 5.88 Å². The van der Waals surface area contributed by atoms with Gasteiger partial charge in [-0.2, -0.15) is 0 Å². The van der Waals surface area contributed by atoms with Crippen LogP contribution in [0.15, 0.2) is 55.0 Å². The van der Waals surface area contributed by atoms with Crippen LogP contribution in [0.4, 0.5) is 8.78 Å². The summed E-state index contributed by atoms with van der Waals surface area (Å²) < 4.78 is 34.3. The van der Waals surface area contributed by atoms with Crippen molar-refractivity contribution in [2.45, 2.75) is 31.8 Å². The van der Waals surface area contributed by atoms with Crippen molar-refractivity contribution in [3.05, 3.63) is 88.0 Å². The molecule has 0 radical (unpaired) electrons. The SMILES string of the molecule is COc1nc2ccc(C(C)(O)c3cncn3C)cc2c(Cl)c1Cc1ccc(C(C)(F)F)cc1. The Morgan fingerprint density at radius 1 is 1.09 bits per heavy atom. The van der Waals surface area contributed by atoms with Crippen molar-refractivity contribution >= 4 is 22.5 Å². The molecule has 1 N–H and O–H groups in total. The van der Waals surface area contributed by atoms with Gasteiger partial charge in [-0.3, -0.25) is 0 Å². The Morgan fingerprint density at radius 3 is 2.33 bits per heavy atom. The molecule has 2 aromatic heterocycles. The fourth-order valence-electron chi connectivity index (χ4n) is 3.96. The van der Waals surface area contributed by atoms with Crippen LogP contribution in [-0.2, 0) is 25.0 Å². The Labute approximate surface area is 195 Å². The molecule has 0 aliphatic heterocycles. The van der Waals surface area contributed by atoms with Gasteiger partial charge in [-0.25, -0.2) is 18.7 Å². The Bertz CT molecular complexity index is 1310. The van der Waals surface area contributed by atoms with Crippen LogP contribution >= 0.6 is 11.6 Å². The summed E-state index contributed by atoms with van der Waals surface area (Å²) in [5, 5.41) is 12.4. The molecule has 1 unspecified atom stereocenters. The van der Waals surface area contributed by atoms with E-state index >= 15 is 0 Å². The minimum absolute atomic E-state index is 0.0528. The first-order valence-electron chi connectivity index (χ1n) is 10.4. The van der Waals surface area contributed by atoms with Gasteiger partial charge in [0.25, 0.3) is 5.92 Å². The van der Waals surface area contributed by atoms with E-state index in [9.17, 15) is 13.9 Å². The van der Waals surface area contributed by atoms with Crippen molar-refractivity contribution < 1.29 is 18.6 Å². The number of imidazole rings is 1. The number of halogens is 3. The predicted octanol–water partition coefficient (Wildman–Crippen LogP) is 5.59. The molecule has 0 aliphatic rings. The molecular weight excluding hydrogens is 448 g/mol. The van der Waals surface area contributed by atoms with Gasteiger partial charge in [-0.1, -0.05) is 41.9 Å². The lowest BCUT2D eigenvalue weighted by Crippen LogP contribution is -2.25. The Balaban J connectivity index is 1.78. The lowest BCUT2D eigenvalue weighted by molar-refractivity contribution is 0.0174. The number of pyridine rings is 1. The monoisotopic (exact) mass is 471 g/mol. The molecule has 4 rings (SSSR count). The maximum atomic E-state index is 13.6. The summed E-state index contributed by atoms with van der Waals surface area (Å²) in [4.78, 5) is 8.68. The molecule has 172 valence electrons. The second-order valence-corrected chi connectivity index (χ2v) is 8.75. The molecule has 0 saturated carbocycles. The minimum Gasteiger partial charge on any atom is -0.481 e. The number of hydrogen-bond acceptors (Lipinski definition) is 4. The van der Waals surface area contributed by atoms with Gasteiger partial charge >= 0.3 is 0 Å². The molecule has 0 saturated heterocycles. The average Bonchev–Trinajstić information content (AvgIpc) is 3.21. The fraction of sp³-hybridized carbons (Fsp3) is 0.280. The van der Waals surface area contributed by atoms with Crippen molar-refractivity contribution in [1.29, 1.82) is 0 Å². The highest BCUT2D eigenvalue weighted by atomic mass is 35.5. The quantitative estimate of drug-likeness (QED) is 0.398. The molecule has 0 aliphatic carbocycles. The third-order valence-corrected chi connectivity index (χ3v) is 6.32. The van der Waals surface area contributed by atoms with Crippen molar-refractivity contribution in [2.24, 2.45) is 7.05 Å². The molecule has 1 atom stereocenters. The first kappa shape index (κ1) is 23.1. The zero-order chi connectivity index (χ0) is 24.0. The summed E-state index contributed by atoms with van der Waals surface area (Å²) in [6, 6.07) is 11.5. The van der Waals surface area contributed by atoms with Gasteiger partial charge in [0.05, 0.1) is 35.9 Å². The van der Waals surface area contributed by atoms with Crippen LogP contribution in [0, 0.1) is 0 Å². The lowest BCUT2D eigenvalue weighted by atomic mass is 9.91. The Morgan fingerprint density at radius 2 is 1.76 bits per heavy atom. The van der Waals surface area contributed by atoms with E-state index in [1.54, 1.807) is 54.3 Å². The summed E-state index contributed by atoms with van der Waals surface area (Å²) in [6.07, 6.45) is 3.60. The van der Waals surface area contributed by atoms with Crippen LogP contribution < -0.4 is 4.74 Å². The van der Waals surface area contributed by atoms with E-state index in [4.69, 9.17) is 16.3 Å². The number of aliphatic hydroxyl groups is 1. The van der Waals surface area contributed by atoms with Crippen LogP contribution in [-0.4, -0.2) is 26.8 Å². The number of alkyl halides is 2. The summed E-state index contributed by atoms with van der Waals surface area (Å²) >= 11 is 6.82. The number of ether oxygens (including phenoxy) is 1. The van der Waals surface area contributed by atoms with Crippen molar-refractivity contribution in [1.82, 2.24) is 14.5 Å². The number of nitrogens with zero attached hydrogens (tertiary/aromatic N) is 3. The largest absolute Gasteiger partial charge is 0.481 e. The lowest BCUT2D eigenvalue weighted by Gasteiger charge is -2.25. The molecule has 4 aromatic rings. The highest BCUT2D eigenvalue weighted by Crippen LogP contribution is 2.37. The van der Waals surface area contributed by atoms with Crippen LogP contribution in [0.2, 0.25) is 5.02 Å². The molecule has 0 amide bonds. The highest BCUT2D eigenvalue weighted by Gasteiger charge is 2.29. The van der Waals surface area contributed by atoms with E-state index in [1.807, 2.05) is 7.05 Å². The van der Waals surface area contributed by atoms with Gasteiger partial charge in [0.1, 0.15) is 5.60 Å². The number of methoxy groups -OCH3 is 1. The van der Waals surface area contributed by atoms with Gasteiger partial charge in [0, 0.05) is 36.9 Å². The molecule has 5 nitrogen and oxygen atoms in total. The van der Waals surface area contributed by atoms with Gasteiger partial charge in [-0.05, 0) is 30.2 Å². The fourth-order valence-corrected chi connectivity index (χ4v) is 4.26. The van der Waals surface area contributed by atoms with E-state index in [-0.39, 0.29) is 5.56 Å². The number of fused-ring (bicyclic) bond motifs is 1. The summed E-state index contributed by atoms with van der Waals surface area (Å²) in [5.41, 5.74) is 1.96. The maximum absolute atomic E-state index is 13.6. The van der Waals surface area contributed by atoms with Gasteiger partial charge in [-0.15, -0.1) is 0 Å². The topological polar surface area (TPSA) is 60.2 Å². The predicted molar refractivity (Wildman–Crippen MR) is 124 cm³/mol. The number of aryl methyl sites for hydroxylation is 1. The summed E-state index contributed by atoms with van der Waals surface area (Å²) in [7, 11) is 3.32. The van der Waals surface area contributed by atoms with Crippen molar-refractivity contribution in [3.63, 3.8) is 0 Å². The first-order valence-corrected chi connectivity index (χ1v) is 10.7. The molecular formula is C25H24ClF2N3O2. The van der Waals surface area contributed by atoms with E-state index < -0.39 is 11.5 Å². The zero-order valence-corrected chi connectivity index (χ0v) is 19.5. The second kappa shape index (κ2) is 8.39. The number of rotatable bonds is 6. The van der Waals surface area contributed by atoms with Crippen molar-refractivity contribution in [3.8, 4) is 5.88 Å². The number of benzene rings is 2. The minimum atomic E-state index is -2.90. The van der Waals surface area contributed by atoms with E-state index in [0.29, 0.717) is 45.0 Å². The molecule has 2 aromatic carbocycles. The van der Waals surface area contributed by atoms with E-state index in [1.165, 1.54) is 19.2 Å². The van der Waals surface area contributed by atoms with Gasteiger partial charge in [0.15, 0.2) is 0 Å². The normalized spacial score (nSPS) is 13.8. The molecule has 8 heteroatoms. The molecule has 0 spiro atoms. The Kier molecular flexibility index (Phi) is 5.88. The third kappa shape index (κ3) is 4.30. The summed E-state index contributed by atoms with van der Waals surface area (Å²) in [6.45, 7) is 2.56. The maximum Gasteiger partial charge on any atom is 0.270 e. The van der Waals surface area contributed by atoms with Crippen LogP contribution in [0.1, 0.15) is 41.8 Å². The summed E-state index contributed by atoms with van der Waals surface area (Å²) in [5.74, 6) is -2.54. The van der Waals surface area contributed by atoms with Gasteiger partial charge in [0.2, 0.25) is 5.88 Å². The smallest absolute Gasteiger partial charge is 0.270 e. The third-order valence-electron chi connectivity index (χ3n) is 5.89. The standard InChI is InChI=1S/C25H24ClF2N3O2/c1-24(32,21-13-29-14-31(21)3)17-9-10-20-18(12-17)22(26)19(23(30-20)33-4)11-15-5-7-16(8-6-15)25(2,27)28/h5-10,12-14,32H,11H2,1-4H3. The number of aromatic nitrogens is 3. The molecule has 2 heterocycles. The molecule has 33 heavy (non-hydrogen) atoms. The average molecular weight is 472 g/mol. The van der Waals surface area contributed by atoms with Crippen molar-refractivity contribution in [2.75, 3.05) is 7.11 Å². The number of hydrogen-bond donors (Lipinski definition) is 1. The zero-order valence-electron chi connectivity index (χ0n) is 18.7. The first-order chi connectivity index (χ1) is 15.5. The highest BCUT2D eigenvalue weighted by molar-refractivity contribution is 6.36.